The zero-order chi connectivity index (χ0) is 16.1. The summed E-state index contributed by atoms with van der Waals surface area (Å²) < 4.78 is 2.13. The molecule has 7 heteroatoms. The van der Waals surface area contributed by atoms with Gasteiger partial charge in [0.2, 0.25) is 0 Å². The Hall–Kier alpha value is -2.59. The first-order chi connectivity index (χ1) is 11.3. The summed E-state index contributed by atoms with van der Waals surface area (Å²) in [4.78, 5) is 12.7. The highest BCUT2D eigenvalue weighted by Crippen LogP contribution is 2.21. The number of fused-ring (bicyclic) bond motifs is 1. The van der Waals surface area contributed by atoms with Crippen LogP contribution in [-0.2, 0) is 6.54 Å². The van der Waals surface area contributed by atoms with Gasteiger partial charge in [-0.2, -0.15) is 5.26 Å². The molecular weight excluding hydrogens is 308 g/mol. The minimum absolute atomic E-state index is 0.507. The van der Waals surface area contributed by atoms with Crippen molar-refractivity contribution >= 4 is 28.6 Å². The molecule has 1 aromatic carbocycles. The molecule has 0 saturated heterocycles. The summed E-state index contributed by atoms with van der Waals surface area (Å²) in [6, 6.07) is 10.3. The Morgan fingerprint density at radius 1 is 1.26 bits per heavy atom. The van der Waals surface area contributed by atoms with Crippen LogP contribution in [-0.4, -0.2) is 32.3 Å². The first kappa shape index (κ1) is 15.3. The van der Waals surface area contributed by atoms with Crippen LogP contribution in [0.3, 0.4) is 0 Å². The van der Waals surface area contributed by atoms with E-state index in [0.29, 0.717) is 16.4 Å². The smallest absolute Gasteiger partial charge is 0.148 e. The third-order valence-electron chi connectivity index (χ3n) is 3.51. The zero-order valence-electron chi connectivity index (χ0n) is 12.7. The maximum absolute atomic E-state index is 9.26. The third-order valence-corrected chi connectivity index (χ3v) is 4.21. The Morgan fingerprint density at radius 3 is 2.96 bits per heavy atom. The number of thioether (sulfide) groups is 1. The fraction of sp³-hybridized carbons (Fsp3) is 0.250. The molecule has 0 spiro atoms. The van der Waals surface area contributed by atoms with Gasteiger partial charge in [-0.3, -0.25) is 0 Å². The molecule has 0 bridgehead atoms. The fourth-order valence-electron chi connectivity index (χ4n) is 2.40. The van der Waals surface area contributed by atoms with Crippen molar-refractivity contribution in [3.05, 3.63) is 42.5 Å². The van der Waals surface area contributed by atoms with Crippen LogP contribution < -0.4 is 5.32 Å². The predicted octanol–water partition coefficient (Wildman–Crippen LogP) is 2.92. The first-order valence-corrected chi connectivity index (χ1v) is 8.49. The van der Waals surface area contributed by atoms with Crippen molar-refractivity contribution < 1.29 is 0 Å². The molecular formula is C16H16N6S. The monoisotopic (exact) mass is 324 g/mol. The van der Waals surface area contributed by atoms with Gasteiger partial charge in [0.15, 0.2) is 0 Å². The summed E-state index contributed by atoms with van der Waals surface area (Å²) in [5.41, 5.74) is 2.65. The summed E-state index contributed by atoms with van der Waals surface area (Å²) in [7, 11) is 0. The van der Waals surface area contributed by atoms with Gasteiger partial charge in [0, 0.05) is 13.1 Å². The van der Waals surface area contributed by atoms with Crippen LogP contribution in [0, 0.1) is 11.3 Å². The molecule has 3 rings (SSSR count). The van der Waals surface area contributed by atoms with Crippen LogP contribution in [0.2, 0.25) is 0 Å². The first-order valence-electron chi connectivity index (χ1n) is 7.26. The van der Waals surface area contributed by atoms with Gasteiger partial charge >= 0.3 is 0 Å². The molecule has 0 atom stereocenters. The SMILES string of the molecule is CSc1ncnc(NCCCn2cnc3ccccc32)c1C#N. The second kappa shape index (κ2) is 7.11. The zero-order valence-corrected chi connectivity index (χ0v) is 13.5. The van der Waals surface area contributed by atoms with E-state index in [-0.39, 0.29) is 0 Å². The fourth-order valence-corrected chi connectivity index (χ4v) is 2.90. The quantitative estimate of drug-likeness (QED) is 0.427. The molecule has 0 unspecified atom stereocenters. The molecule has 0 radical (unpaired) electrons. The number of nitriles is 1. The standard InChI is InChI=1S/C16H16N6S/c1-23-16-12(9-17)15(19-10-20-16)18-7-4-8-22-11-21-13-5-2-3-6-14(13)22/h2-3,5-6,10-11H,4,7-8H2,1H3,(H,18,19,20). The molecule has 23 heavy (non-hydrogen) atoms. The average Bonchev–Trinajstić information content (AvgIpc) is 3.01. The van der Waals surface area contributed by atoms with E-state index >= 15 is 0 Å². The van der Waals surface area contributed by atoms with Gasteiger partial charge in [-0.15, -0.1) is 11.8 Å². The Kier molecular flexibility index (Phi) is 4.74. The number of benzene rings is 1. The number of nitrogens with zero attached hydrogens (tertiary/aromatic N) is 5. The number of anilines is 1. The predicted molar refractivity (Wildman–Crippen MR) is 91.4 cm³/mol. The van der Waals surface area contributed by atoms with Crippen molar-refractivity contribution in [2.45, 2.75) is 18.0 Å². The van der Waals surface area contributed by atoms with E-state index in [4.69, 9.17) is 0 Å². The van der Waals surface area contributed by atoms with Crippen LogP contribution in [0.4, 0.5) is 5.82 Å². The largest absolute Gasteiger partial charge is 0.369 e. The van der Waals surface area contributed by atoms with E-state index in [0.717, 1.165) is 30.5 Å². The second-order valence-corrected chi connectivity index (χ2v) is 5.72. The summed E-state index contributed by atoms with van der Waals surface area (Å²) in [6.45, 7) is 1.59. The molecule has 2 heterocycles. The lowest BCUT2D eigenvalue weighted by Crippen LogP contribution is -2.09. The van der Waals surface area contributed by atoms with Crippen LogP contribution in [0.1, 0.15) is 12.0 Å². The Bertz CT molecular complexity index is 851. The number of aryl methyl sites for hydroxylation is 1. The van der Waals surface area contributed by atoms with Crippen molar-refractivity contribution in [2.75, 3.05) is 18.1 Å². The summed E-state index contributed by atoms with van der Waals surface area (Å²) >= 11 is 1.45. The lowest BCUT2D eigenvalue weighted by atomic mass is 10.3. The highest BCUT2D eigenvalue weighted by Gasteiger charge is 2.09. The molecule has 0 aliphatic heterocycles. The minimum atomic E-state index is 0.507. The van der Waals surface area contributed by atoms with Gasteiger partial charge in [-0.05, 0) is 24.8 Å². The van der Waals surface area contributed by atoms with Crippen molar-refractivity contribution in [1.82, 2.24) is 19.5 Å². The second-order valence-electron chi connectivity index (χ2n) is 4.93. The molecule has 1 N–H and O–H groups in total. The molecule has 0 saturated carbocycles. The third kappa shape index (κ3) is 3.27. The molecule has 116 valence electrons. The van der Waals surface area contributed by atoms with Gasteiger partial charge < -0.3 is 9.88 Å². The van der Waals surface area contributed by atoms with Gasteiger partial charge in [-0.1, -0.05) is 12.1 Å². The Morgan fingerprint density at radius 2 is 2.13 bits per heavy atom. The Balaban J connectivity index is 1.61. The van der Waals surface area contributed by atoms with Crippen LogP contribution in [0.5, 0.6) is 0 Å². The van der Waals surface area contributed by atoms with E-state index in [9.17, 15) is 5.26 Å². The maximum atomic E-state index is 9.26. The Labute approximate surface area is 138 Å². The number of hydrogen-bond donors (Lipinski definition) is 1. The van der Waals surface area contributed by atoms with E-state index in [1.54, 1.807) is 0 Å². The summed E-state index contributed by atoms with van der Waals surface area (Å²) in [5, 5.41) is 13.2. The number of para-hydroxylation sites is 2. The number of imidazole rings is 1. The van der Waals surface area contributed by atoms with E-state index in [1.807, 2.05) is 30.8 Å². The molecule has 0 aliphatic rings. The van der Waals surface area contributed by atoms with E-state index < -0.39 is 0 Å². The minimum Gasteiger partial charge on any atom is -0.369 e. The van der Waals surface area contributed by atoms with Crippen molar-refractivity contribution in [3.8, 4) is 6.07 Å². The molecule has 0 amide bonds. The van der Waals surface area contributed by atoms with Gasteiger partial charge in [-0.25, -0.2) is 15.0 Å². The molecule has 0 fully saturated rings. The van der Waals surface area contributed by atoms with E-state index in [1.165, 1.54) is 18.1 Å². The van der Waals surface area contributed by atoms with Crippen molar-refractivity contribution in [1.29, 1.82) is 5.26 Å². The highest BCUT2D eigenvalue weighted by atomic mass is 32.2. The number of aromatic nitrogens is 4. The topological polar surface area (TPSA) is 79.4 Å². The van der Waals surface area contributed by atoms with Gasteiger partial charge in [0.25, 0.3) is 0 Å². The van der Waals surface area contributed by atoms with Crippen LogP contribution in [0.25, 0.3) is 11.0 Å². The lowest BCUT2D eigenvalue weighted by Gasteiger charge is -2.09. The van der Waals surface area contributed by atoms with Crippen LogP contribution in [0.15, 0.2) is 41.9 Å². The maximum Gasteiger partial charge on any atom is 0.148 e. The van der Waals surface area contributed by atoms with Crippen molar-refractivity contribution in [2.24, 2.45) is 0 Å². The normalized spacial score (nSPS) is 10.6. The number of nitrogens with one attached hydrogen (secondary N) is 1. The lowest BCUT2D eigenvalue weighted by molar-refractivity contribution is 0.676. The van der Waals surface area contributed by atoms with Crippen molar-refractivity contribution in [3.63, 3.8) is 0 Å². The van der Waals surface area contributed by atoms with Crippen LogP contribution >= 0.6 is 11.8 Å². The molecule has 0 aliphatic carbocycles. The molecule has 2 aromatic heterocycles. The molecule has 6 nitrogen and oxygen atoms in total. The number of rotatable bonds is 6. The van der Waals surface area contributed by atoms with Gasteiger partial charge in [0.1, 0.15) is 28.8 Å². The highest BCUT2D eigenvalue weighted by molar-refractivity contribution is 7.98. The molecule has 3 aromatic rings. The number of hydrogen-bond acceptors (Lipinski definition) is 6. The summed E-state index contributed by atoms with van der Waals surface area (Å²) in [5.74, 6) is 0.599. The summed E-state index contributed by atoms with van der Waals surface area (Å²) in [6.07, 6.45) is 6.15. The van der Waals surface area contributed by atoms with Gasteiger partial charge in [0.05, 0.1) is 17.4 Å². The average molecular weight is 324 g/mol. The van der Waals surface area contributed by atoms with E-state index in [2.05, 4.69) is 37.0 Å².